The van der Waals surface area contributed by atoms with Gasteiger partial charge < -0.3 is 4.90 Å². The number of anilines is 1. The Kier molecular flexibility index (Phi) is 4.78. The number of nitrogens with zero attached hydrogens (tertiary/aromatic N) is 4. The summed E-state index contributed by atoms with van der Waals surface area (Å²) in [7, 11) is 0. The van der Waals surface area contributed by atoms with Crippen LogP contribution in [0.2, 0.25) is 0 Å². The van der Waals surface area contributed by atoms with E-state index in [9.17, 15) is 4.79 Å². The molecule has 1 aliphatic rings. The van der Waals surface area contributed by atoms with Gasteiger partial charge >= 0.3 is 0 Å². The molecule has 26 heavy (non-hydrogen) atoms. The Balaban J connectivity index is 1.45. The predicted molar refractivity (Wildman–Crippen MR) is 103 cm³/mol. The van der Waals surface area contributed by atoms with Crippen molar-refractivity contribution >= 4 is 5.95 Å². The first-order chi connectivity index (χ1) is 12.8. The molecule has 3 heterocycles. The van der Waals surface area contributed by atoms with E-state index in [2.05, 4.69) is 40.2 Å². The van der Waals surface area contributed by atoms with E-state index in [0.717, 1.165) is 56.1 Å². The van der Waals surface area contributed by atoms with Crippen molar-refractivity contribution in [2.75, 3.05) is 18.0 Å². The predicted octanol–water partition coefficient (Wildman–Crippen LogP) is 3.15. The summed E-state index contributed by atoms with van der Waals surface area (Å²) in [6, 6.07) is 16.0. The van der Waals surface area contributed by atoms with E-state index >= 15 is 0 Å². The minimum atomic E-state index is 0.0218. The molecule has 0 fully saturated rings. The molecule has 0 N–H and O–H groups in total. The zero-order valence-corrected chi connectivity index (χ0v) is 14.7. The van der Waals surface area contributed by atoms with Gasteiger partial charge in [-0.25, -0.2) is 4.98 Å². The smallest absolute Gasteiger partial charge is 0.255 e. The van der Waals surface area contributed by atoms with Crippen molar-refractivity contribution < 1.29 is 0 Å². The molecule has 0 spiro atoms. The minimum absolute atomic E-state index is 0.0218. The van der Waals surface area contributed by atoms with Gasteiger partial charge in [0.05, 0.1) is 5.69 Å². The molecule has 0 saturated heterocycles. The zero-order valence-electron chi connectivity index (χ0n) is 14.7. The molecular formula is C21H22N4O. The maximum absolute atomic E-state index is 12.4. The second-order valence-corrected chi connectivity index (χ2v) is 6.60. The molecule has 0 radical (unpaired) electrons. The van der Waals surface area contributed by atoms with Crippen molar-refractivity contribution in [2.45, 2.75) is 25.8 Å². The number of fused-ring (bicyclic) bond motifs is 1. The van der Waals surface area contributed by atoms with Gasteiger partial charge in [-0.3, -0.25) is 14.3 Å². The number of benzene rings is 1. The SMILES string of the molecule is O=c1cc(-c2ccncc2)nc2n1CCN2CCCCc1ccccc1. The maximum atomic E-state index is 12.4. The average Bonchev–Trinajstić information content (AvgIpc) is 3.10. The average molecular weight is 346 g/mol. The van der Waals surface area contributed by atoms with E-state index < -0.39 is 0 Å². The van der Waals surface area contributed by atoms with Gasteiger partial charge in [-0.05, 0) is 37.0 Å². The molecule has 4 rings (SSSR count). The van der Waals surface area contributed by atoms with Crippen LogP contribution in [0.25, 0.3) is 11.3 Å². The third-order valence-electron chi connectivity index (χ3n) is 4.83. The van der Waals surface area contributed by atoms with E-state index in [4.69, 9.17) is 4.98 Å². The van der Waals surface area contributed by atoms with Crippen molar-refractivity contribution in [3.05, 3.63) is 76.8 Å². The standard InChI is InChI=1S/C21H22N4O/c26-20-16-19(18-9-11-22-12-10-18)23-21-24(14-15-25(20)21)13-5-4-8-17-6-2-1-3-7-17/h1-3,6-7,9-12,16H,4-5,8,13-15H2. The number of rotatable bonds is 6. The largest absolute Gasteiger partial charge is 0.340 e. The molecule has 3 aromatic rings. The molecule has 0 unspecified atom stereocenters. The number of unbranched alkanes of at least 4 members (excludes halogenated alkanes) is 1. The van der Waals surface area contributed by atoms with Crippen LogP contribution in [0.5, 0.6) is 0 Å². The highest BCUT2D eigenvalue weighted by atomic mass is 16.1. The summed E-state index contributed by atoms with van der Waals surface area (Å²) in [5.74, 6) is 0.795. The van der Waals surface area contributed by atoms with E-state index in [1.54, 1.807) is 23.0 Å². The lowest BCUT2D eigenvalue weighted by Gasteiger charge is -2.17. The number of hydrogen-bond donors (Lipinski definition) is 0. The van der Waals surface area contributed by atoms with Gasteiger partial charge in [0.1, 0.15) is 0 Å². The summed E-state index contributed by atoms with van der Waals surface area (Å²) in [4.78, 5) is 23.5. The van der Waals surface area contributed by atoms with E-state index in [0.29, 0.717) is 0 Å². The second-order valence-electron chi connectivity index (χ2n) is 6.60. The molecule has 0 saturated carbocycles. The molecule has 2 aromatic heterocycles. The third kappa shape index (κ3) is 3.52. The van der Waals surface area contributed by atoms with Crippen molar-refractivity contribution in [3.8, 4) is 11.3 Å². The normalized spacial score (nSPS) is 13.0. The van der Waals surface area contributed by atoms with Crippen LogP contribution in [0, 0.1) is 0 Å². The van der Waals surface area contributed by atoms with Gasteiger partial charge in [0.15, 0.2) is 0 Å². The summed E-state index contributed by atoms with van der Waals surface area (Å²) < 4.78 is 1.78. The quantitative estimate of drug-likeness (QED) is 0.644. The monoisotopic (exact) mass is 346 g/mol. The fraction of sp³-hybridized carbons (Fsp3) is 0.286. The zero-order chi connectivity index (χ0) is 17.8. The number of pyridine rings is 1. The number of aromatic nitrogens is 3. The van der Waals surface area contributed by atoms with Crippen LogP contribution in [-0.4, -0.2) is 27.6 Å². The lowest BCUT2D eigenvalue weighted by molar-refractivity contribution is 0.692. The van der Waals surface area contributed by atoms with Gasteiger partial charge in [-0.2, -0.15) is 0 Å². The summed E-state index contributed by atoms with van der Waals surface area (Å²) in [5, 5.41) is 0. The fourth-order valence-electron chi connectivity index (χ4n) is 3.42. The first kappa shape index (κ1) is 16.5. The molecule has 5 nitrogen and oxygen atoms in total. The van der Waals surface area contributed by atoms with Gasteiger partial charge in [-0.1, -0.05) is 30.3 Å². The molecule has 5 heteroatoms. The Morgan fingerprint density at radius 2 is 1.77 bits per heavy atom. The van der Waals surface area contributed by atoms with Crippen LogP contribution >= 0.6 is 0 Å². The van der Waals surface area contributed by atoms with Crippen LogP contribution in [-0.2, 0) is 13.0 Å². The Labute approximate surface area is 153 Å². The number of aryl methyl sites for hydroxylation is 1. The first-order valence-corrected chi connectivity index (χ1v) is 9.12. The van der Waals surface area contributed by atoms with E-state index in [1.807, 2.05) is 12.1 Å². The molecule has 0 aliphatic carbocycles. The van der Waals surface area contributed by atoms with Crippen LogP contribution < -0.4 is 10.5 Å². The molecular weight excluding hydrogens is 324 g/mol. The third-order valence-corrected chi connectivity index (χ3v) is 4.83. The van der Waals surface area contributed by atoms with Crippen molar-refractivity contribution in [2.24, 2.45) is 0 Å². The van der Waals surface area contributed by atoms with E-state index in [-0.39, 0.29) is 5.56 Å². The summed E-state index contributed by atoms with van der Waals surface area (Å²) in [6.07, 6.45) is 6.76. The van der Waals surface area contributed by atoms with Gasteiger partial charge in [0.2, 0.25) is 5.95 Å². The first-order valence-electron chi connectivity index (χ1n) is 9.12. The molecule has 0 atom stereocenters. The fourth-order valence-corrected chi connectivity index (χ4v) is 3.42. The number of hydrogen-bond acceptors (Lipinski definition) is 4. The summed E-state index contributed by atoms with van der Waals surface area (Å²) >= 11 is 0. The Bertz CT molecular complexity index is 922. The topological polar surface area (TPSA) is 51.0 Å². The lowest BCUT2D eigenvalue weighted by Crippen LogP contribution is -2.24. The molecule has 1 aliphatic heterocycles. The minimum Gasteiger partial charge on any atom is -0.340 e. The highest BCUT2D eigenvalue weighted by molar-refractivity contribution is 5.59. The molecule has 1 aromatic carbocycles. The molecule has 0 amide bonds. The lowest BCUT2D eigenvalue weighted by atomic mass is 10.1. The maximum Gasteiger partial charge on any atom is 0.255 e. The second kappa shape index (κ2) is 7.52. The Morgan fingerprint density at radius 1 is 0.962 bits per heavy atom. The Hall–Kier alpha value is -2.95. The molecule has 0 bridgehead atoms. The van der Waals surface area contributed by atoms with Gasteiger partial charge in [0, 0.05) is 43.7 Å². The highest BCUT2D eigenvalue weighted by Gasteiger charge is 2.22. The highest BCUT2D eigenvalue weighted by Crippen LogP contribution is 2.22. The molecule has 132 valence electrons. The van der Waals surface area contributed by atoms with Crippen LogP contribution in [0.3, 0.4) is 0 Å². The summed E-state index contributed by atoms with van der Waals surface area (Å²) in [5.41, 5.74) is 3.05. The van der Waals surface area contributed by atoms with Crippen LogP contribution in [0.15, 0.2) is 65.7 Å². The van der Waals surface area contributed by atoms with Crippen molar-refractivity contribution in [3.63, 3.8) is 0 Å². The van der Waals surface area contributed by atoms with Crippen LogP contribution in [0.1, 0.15) is 18.4 Å². The van der Waals surface area contributed by atoms with Crippen molar-refractivity contribution in [1.29, 1.82) is 0 Å². The van der Waals surface area contributed by atoms with Crippen molar-refractivity contribution in [1.82, 2.24) is 14.5 Å². The van der Waals surface area contributed by atoms with Gasteiger partial charge in [0.25, 0.3) is 5.56 Å². The van der Waals surface area contributed by atoms with Gasteiger partial charge in [-0.15, -0.1) is 0 Å². The van der Waals surface area contributed by atoms with E-state index in [1.165, 1.54) is 5.56 Å². The summed E-state index contributed by atoms with van der Waals surface area (Å²) in [6.45, 7) is 2.50. The Morgan fingerprint density at radius 3 is 2.58 bits per heavy atom. The van der Waals surface area contributed by atoms with Crippen LogP contribution in [0.4, 0.5) is 5.95 Å².